The average molecular weight is 373 g/mol. The van der Waals surface area contributed by atoms with E-state index in [4.69, 9.17) is 4.74 Å². The Morgan fingerprint density at radius 1 is 0.893 bits per heavy atom. The van der Waals surface area contributed by atoms with Crippen molar-refractivity contribution < 1.29 is 4.74 Å². The van der Waals surface area contributed by atoms with Crippen molar-refractivity contribution >= 4 is 0 Å². The third-order valence-corrected chi connectivity index (χ3v) is 5.49. The second kappa shape index (κ2) is 10.8. The number of hydrogen-bond acceptors (Lipinski definition) is 1. The van der Waals surface area contributed by atoms with Crippen molar-refractivity contribution in [2.24, 2.45) is 5.92 Å². The fraction of sp³-hybridized carbons (Fsp3) is 0.407. The Hall–Kier alpha value is -2.46. The summed E-state index contributed by atoms with van der Waals surface area (Å²) in [6.07, 6.45) is 11.5. The minimum atomic E-state index is 0.697. The lowest BCUT2D eigenvalue weighted by Crippen LogP contribution is -2.05. The van der Waals surface area contributed by atoms with E-state index in [1.165, 1.54) is 55.2 Å². The molecule has 2 aromatic rings. The molecule has 1 heteroatoms. The normalized spacial score (nSPS) is 16.1. The predicted octanol–water partition coefficient (Wildman–Crippen LogP) is 7.41. The molecule has 0 bridgehead atoms. The Balaban J connectivity index is 1.56. The van der Waals surface area contributed by atoms with Gasteiger partial charge in [0.15, 0.2) is 0 Å². The summed E-state index contributed by atoms with van der Waals surface area (Å²) >= 11 is 0. The summed E-state index contributed by atoms with van der Waals surface area (Å²) in [4.78, 5) is 0. The van der Waals surface area contributed by atoms with Gasteiger partial charge in [0, 0.05) is 5.56 Å². The SMILES string of the molecule is CCCCCC1CC=C(C#Cc2ccc(-c3ccc(OCC)cc3)cc2)CC1. The maximum absolute atomic E-state index is 5.51. The first-order chi connectivity index (χ1) is 13.8. The van der Waals surface area contributed by atoms with Gasteiger partial charge in [0.2, 0.25) is 0 Å². The van der Waals surface area contributed by atoms with E-state index in [1.54, 1.807) is 0 Å². The molecule has 0 aliphatic heterocycles. The third kappa shape index (κ3) is 6.03. The molecule has 0 saturated heterocycles. The van der Waals surface area contributed by atoms with E-state index >= 15 is 0 Å². The van der Waals surface area contributed by atoms with Crippen LogP contribution in [-0.2, 0) is 0 Å². The van der Waals surface area contributed by atoms with Crippen LogP contribution in [0.3, 0.4) is 0 Å². The van der Waals surface area contributed by atoms with Crippen molar-refractivity contribution in [2.75, 3.05) is 6.61 Å². The van der Waals surface area contributed by atoms with Crippen LogP contribution in [0, 0.1) is 17.8 Å². The molecule has 2 aromatic carbocycles. The van der Waals surface area contributed by atoms with Gasteiger partial charge in [0.1, 0.15) is 5.75 Å². The second-order valence-corrected chi connectivity index (χ2v) is 7.65. The van der Waals surface area contributed by atoms with Crippen LogP contribution in [0.5, 0.6) is 5.75 Å². The topological polar surface area (TPSA) is 9.23 Å². The minimum absolute atomic E-state index is 0.697. The lowest BCUT2D eigenvalue weighted by Gasteiger charge is -2.19. The van der Waals surface area contributed by atoms with E-state index < -0.39 is 0 Å². The Labute approximate surface area is 170 Å². The largest absolute Gasteiger partial charge is 0.494 e. The molecule has 0 fully saturated rings. The average Bonchev–Trinajstić information content (AvgIpc) is 2.75. The molecule has 0 saturated carbocycles. The van der Waals surface area contributed by atoms with Crippen LogP contribution in [0.1, 0.15) is 64.4 Å². The molecular weight excluding hydrogens is 340 g/mol. The van der Waals surface area contributed by atoms with Crippen LogP contribution in [0.2, 0.25) is 0 Å². The summed E-state index contributed by atoms with van der Waals surface area (Å²) in [5.41, 5.74) is 4.82. The monoisotopic (exact) mass is 372 g/mol. The standard InChI is InChI=1S/C27H32O/c1-3-5-6-7-22-8-10-23(11-9-22)12-13-24-14-16-25(17-15-24)26-18-20-27(21-19-26)28-4-2/h10,14-22H,3-9,11H2,1-2H3. The number of rotatable bonds is 7. The molecule has 1 atom stereocenters. The highest BCUT2D eigenvalue weighted by atomic mass is 16.5. The number of hydrogen-bond donors (Lipinski definition) is 0. The van der Waals surface area contributed by atoms with E-state index in [-0.39, 0.29) is 0 Å². The molecule has 28 heavy (non-hydrogen) atoms. The molecule has 0 radical (unpaired) electrons. The molecular formula is C27H32O. The summed E-state index contributed by atoms with van der Waals surface area (Å²) in [6, 6.07) is 16.8. The lowest BCUT2D eigenvalue weighted by molar-refractivity contribution is 0.340. The number of benzene rings is 2. The zero-order chi connectivity index (χ0) is 19.6. The van der Waals surface area contributed by atoms with Gasteiger partial charge < -0.3 is 4.74 Å². The number of ether oxygens (including phenoxy) is 1. The first-order valence-corrected chi connectivity index (χ1v) is 10.8. The Bertz CT molecular complexity index is 815. The molecule has 1 unspecified atom stereocenters. The molecule has 1 aliphatic rings. The molecule has 0 aromatic heterocycles. The van der Waals surface area contributed by atoms with Gasteiger partial charge >= 0.3 is 0 Å². The van der Waals surface area contributed by atoms with Gasteiger partial charge in [-0.05, 0) is 73.1 Å². The predicted molar refractivity (Wildman–Crippen MR) is 119 cm³/mol. The highest BCUT2D eigenvalue weighted by molar-refractivity contribution is 5.65. The van der Waals surface area contributed by atoms with Gasteiger partial charge in [0.25, 0.3) is 0 Å². The van der Waals surface area contributed by atoms with Crippen LogP contribution < -0.4 is 4.74 Å². The summed E-state index contributed by atoms with van der Waals surface area (Å²) < 4.78 is 5.51. The van der Waals surface area contributed by atoms with Crippen molar-refractivity contribution in [3.05, 3.63) is 65.7 Å². The van der Waals surface area contributed by atoms with Gasteiger partial charge in [-0.25, -0.2) is 0 Å². The van der Waals surface area contributed by atoms with E-state index in [1.807, 2.05) is 19.1 Å². The Kier molecular flexibility index (Phi) is 7.80. The Morgan fingerprint density at radius 3 is 2.21 bits per heavy atom. The van der Waals surface area contributed by atoms with E-state index in [9.17, 15) is 0 Å². The van der Waals surface area contributed by atoms with Crippen molar-refractivity contribution in [2.45, 2.75) is 58.8 Å². The summed E-state index contributed by atoms with van der Waals surface area (Å²) in [6.45, 7) is 4.98. The van der Waals surface area contributed by atoms with Crippen LogP contribution >= 0.6 is 0 Å². The number of unbranched alkanes of at least 4 members (excludes halogenated alkanes) is 2. The highest BCUT2D eigenvalue weighted by Gasteiger charge is 2.12. The molecule has 1 nitrogen and oxygen atoms in total. The van der Waals surface area contributed by atoms with Crippen LogP contribution in [0.25, 0.3) is 11.1 Å². The first-order valence-electron chi connectivity index (χ1n) is 10.8. The zero-order valence-electron chi connectivity index (χ0n) is 17.3. The van der Waals surface area contributed by atoms with Gasteiger partial charge in [-0.1, -0.05) is 74.8 Å². The van der Waals surface area contributed by atoms with Gasteiger partial charge in [-0.2, -0.15) is 0 Å². The second-order valence-electron chi connectivity index (χ2n) is 7.65. The molecule has 0 heterocycles. The molecule has 1 aliphatic carbocycles. The van der Waals surface area contributed by atoms with Gasteiger partial charge in [-0.3, -0.25) is 0 Å². The van der Waals surface area contributed by atoms with Crippen molar-refractivity contribution in [1.29, 1.82) is 0 Å². The third-order valence-electron chi connectivity index (χ3n) is 5.49. The summed E-state index contributed by atoms with van der Waals surface area (Å²) in [5, 5.41) is 0. The van der Waals surface area contributed by atoms with E-state index in [0.717, 1.165) is 23.7 Å². The quantitative estimate of drug-likeness (QED) is 0.363. The fourth-order valence-electron chi connectivity index (χ4n) is 3.76. The molecule has 0 amide bonds. The molecule has 0 spiro atoms. The van der Waals surface area contributed by atoms with E-state index in [2.05, 4.69) is 61.2 Å². The molecule has 3 rings (SSSR count). The van der Waals surface area contributed by atoms with Gasteiger partial charge in [0.05, 0.1) is 6.61 Å². The maximum atomic E-state index is 5.51. The summed E-state index contributed by atoms with van der Waals surface area (Å²) in [7, 11) is 0. The van der Waals surface area contributed by atoms with Crippen molar-refractivity contribution in [1.82, 2.24) is 0 Å². The minimum Gasteiger partial charge on any atom is -0.494 e. The smallest absolute Gasteiger partial charge is 0.119 e. The van der Waals surface area contributed by atoms with Crippen LogP contribution in [0.15, 0.2) is 60.2 Å². The lowest BCUT2D eigenvalue weighted by atomic mass is 9.86. The highest BCUT2D eigenvalue weighted by Crippen LogP contribution is 2.27. The zero-order valence-corrected chi connectivity index (χ0v) is 17.3. The number of allylic oxidation sites excluding steroid dienone is 2. The van der Waals surface area contributed by atoms with Gasteiger partial charge in [-0.15, -0.1) is 0 Å². The van der Waals surface area contributed by atoms with Crippen molar-refractivity contribution in [3.8, 4) is 28.7 Å². The Morgan fingerprint density at radius 2 is 1.61 bits per heavy atom. The molecule has 0 N–H and O–H groups in total. The van der Waals surface area contributed by atoms with Crippen LogP contribution in [0.4, 0.5) is 0 Å². The first kappa shape index (κ1) is 20.3. The molecule has 146 valence electrons. The van der Waals surface area contributed by atoms with Crippen LogP contribution in [-0.4, -0.2) is 6.61 Å². The summed E-state index contributed by atoms with van der Waals surface area (Å²) in [5.74, 6) is 8.55. The van der Waals surface area contributed by atoms with Crippen molar-refractivity contribution in [3.63, 3.8) is 0 Å². The maximum Gasteiger partial charge on any atom is 0.119 e. The van der Waals surface area contributed by atoms with E-state index in [0.29, 0.717) is 6.61 Å². The fourth-order valence-corrected chi connectivity index (χ4v) is 3.76.